The molecule has 0 aliphatic heterocycles. The van der Waals surface area contributed by atoms with Crippen molar-refractivity contribution >= 4 is 42.6 Å². The van der Waals surface area contributed by atoms with Gasteiger partial charge in [0, 0.05) is 45.6 Å². The van der Waals surface area contributed by atoms with Crippen LogP contribution in [0, 0.1) is 0 Å². The first-order valence-electron chi connectivity index (χ1n) is 29.4. The molecule has 0 aromatic heterocycles. The van der Waals surface area contributed by atoms with Crippen LogP contribution in [0.15, 0.2) is 0 Å². The minimum absolute atomic E-state index is 0.0716. The maximum absolute atomic E-state index is 12.3. The molecule has 0 aliphatic rings. The number of ether oxygens (including phenoxy) is 7. The quantitative estimate of drug-likeness (QED) is 0.0242. The van der Waals surface area contributed by atoms with E-state index in [9.17, 15) is 33.6 Å². The Morgan fingerprint density at radius 1 is 0.405 bits per heavy atom. The molecule has 15 heteroatoms. The number of rotatable bonds is 49. The fourth-order valence-electron chi connectivity index (χ4n) is 7.22. The van der Waals surface area contributed by atoms with E-state index in [4.69, 9.17) is 28.4 Å². The second kappa shape index (κ2) is 63.7. The molecule has 0 amide bonds. The van der Waals surface area contributed by atoms with Crippen molar-refractivity contribution in [1.29, 1.82) is 0 Å². The lowest BCUT2D eigenvalue weighted by molar-refractivity contribution is -0.165. The van der Waals surface area contributed by atoms with Gasteiger partial charge in [-0.25, -0.2) is 0 Å². The average Bonchev–Trinajstić information content (AvgIpc) is 3.39. The van der Waals surface area contributed by atoms with Crippen molar-refractivity contribution in [2.24, 2.45) is 0 Å². The largest absolute Gasteiger partial charge is 0.464 e. The highest BCUT2D eigenvalue weighted by Gasteiger charge is 2.21. The fourth-order valence-corrected chi connectivity index (χ4v) is 7.22. The number of hydrogen-bond acceptors (Lipinski definition) is 15. The summed E-state index contributed by atoms with van der Waals surface area (Å²) in [6.07, 6.45) is 31.4. The first-order valence-corrected chi connectivity index (χ1v) is 29.4. The number of nitrogens with zero attached hydrogens (tertiary/aromatic N) is 1. The van der Waals surface area contributed by atoms with E-state index in [1.165, 1.54) is 110 Å². The van der Waals surface area contributed by atoms with Gasteiger partial charge in [0.2, 0.25) is 0 Å². The van der Waals surface area contributed by atoms with Gasteiger partial charge in [-0.05, 0) is 59.2 Å². The lowest BCUT2D eigenvalue weighted by Crippen LogP contribution is -2.30. The van der Waals surface area contributed by atoms with Gasteiger partial charge in [-0.3, -0.25) is 28.8 Å². The molecule has 0 aromatic rings. The maximum atomic E-state index is 12.3. The zero-order valence-electron chi connectivity index (χ0n) is 49.1. The molecule has 0 fully saturated rings. The Morgan fingerprint density at radius 2 is 0.743 bits per heavy atom. The lowest BCUT2D eigenvalue weighted by Gasteiger charge is -2.19. The van der Waals surface area contributed by atoms with Crippen LogP contribution < -0.4 is 0 Å². The fraction of sp³-hybridized carbons (Fsp3) is 0.881. The third-order valence-corrected chi connectivity index (χ3v) is 11.7. The van der Waals surface area contributed by atoms with Crippen LogP contribution in [0.3, 0.4) is 0 Å². The first kappa shape index (κ1) is 76.9. The molecular formula is C59H113NO14. The molecule has 0 aromatic carbocycles. The van der Waals surface area contributed by atoms with Crippen LogP contribution in [0.1, 0.15) is 267 Å². The van der Waals surface area contributed by atoms with Crippen LogP contribution in [0.2, 0.25) is 0 Å². The first-order chi connectivity index (χ1) is 35.9. The molecule has 0 saturated heterocycles. The Labute approximate surface area is 452 Å². The van der Waals surface area contributed by atoms with Gasteiger partial charge in [0.05, 0.1) is 0 Å². The van der Waals surface area contributed by atoms with E-state index < -0.39 is 30.3 Å². The Kier molecular flexibility index (Phi) is 66.2. The number of hydrogen-bond donors (Lipinski definition) is 0. The van der Waals surface area contributed by atoms with Crippen molar-refractivity contribution < 1.29 is 66.7 Å². The topological polar surface area (TPSA) is 187 Å². The molecular weight excluding hydrogens is 947 g/mol. The highest BCUT2D eigenvalue weighted by atomic mass is 16.6. The van der Waals surface area contributed by atoms with E-state index in [-0.39, 0.29) is 82.9 Å². The van der Waals surface area contributed by atoms with Crippen molar-refractivity contribution in [3.63, 3.8) is 0 Å². The van der Waals surface area contributed by atoms with E-state index in [0.29, 0.717) is 25.7 Å². The van der Waals surface area contributed by atoms with Crippen molar-refractivity contribution in [2.75, 3.05) is 54.2 Å². The minimum Gasteiger partial charge on any atom is -0.464 e. The van der Waals surface area contributed by atoms with Crippen LogP contribution in [-0.4, -0.2) is 120 Å². The Hall–Kier alpha value is -3.59. The average molecular weight is 1060 g/mol. The zero-order valence-corrected chi connectivity index (χ0v) is 49.1. The summed E-state index contributed by atoms with van der Waals surface area (Å²) in [6.45, 7) is 15.8. The number of aldehydes is 1. The van der Waals surface area contributed by atoms with Gasteiger partial charge in [-0.15, -0.1) is 0 Å². The van der Waals surface area contributed by atoms with Gasteiger partial charge in [0.15, 0.2) is 6.10 Å². The highest BCUT2D eigenvalue weighted by Crippen LogP contribution is 2.14. The zero-order chi connectivity index (χ0) is 56.1. The second-order valence-corrected chi connectivity index (χ2v) is 19.1. The van der Waals surface area contributed by atoms with Crippen molar-refractivity contribution in [2.45, 2.75) is 285 Å². The summed E-state index contributed by atoms with van der Waals surface area (Å²) in [5.74, 6) is -1.79. The van der Waals surface area contributed by atoms with Gasteiger partial charge in [-0.1, -0.05) is 190 Å². The second-order valence-electron chi connectivity index (χ2n) is 19.1. The summed E-state index contributed by atoms with van der Waals surface area (Å²) in [5, 5.41) is 0. The summed E-state index contributed by atoms with van der Waals surface area (Å²) in [6, 6.07) is 0. The van der Waals surface area contributed by atoms with Crippen LogP contribution in [0.5, 0.6) is 0 Å². The Bertz CT molecular complexity index is 1230. The summed E-state index contributed by atoms with van der Waals surface area (Å²) >= 11 is 0. The molecule has 0 heterocycles. The minimum atomic E-state index is -0.932. The number of carbonyl (C=O) groups excluding carboxylic acids is 7. The molecule has 0 saturated carbocycles. The molecule has 74 heavy (non-hydrogen) atoms. The predicted molar refractivity (Wildman–Crippen MR) is 297 cm³/mol. The normalized spacial score (nSPS) is 11.4. The smallest absolute Gasteiger partial charge is 0.306 e. The molecule has 0 spiro atoms. The van der Waals surface area contributed by atoms with Crippen molar-refractivity contribution in [3.05, 3.63) is 0 Å². The van der Waals surface area contributed by atoms with Crippen LogP contribution in [0.4, 0.5) is 0 Å². The standard InChI is InChI=1S/C26H45NO9.C22H42O5.C9H20.C2H6/c1-4-5-6-7-8-9-13-24(30)34-20-23(19-33-21-29)36-26(32)16-15-22(12-11-18-28)35-25(31)14-10-17-27(2)3;1-4-6-8-10-12-14-16-21(23)26-18-20(25-3)19-27-22(24)17-15-13-11-9-7-5-2;1-3-5-7-9-8-6-4-2;1-2/h18,21-23H,4-17,19-20H2,1-3H3;20H,4-19H2,1-3H3;3-9H2,1-2H3;1-2H3. The molecule has 0 N–H and O–H groups in total. The van der Waals surface area contributed by atoms with Crippen LogP contribution >= 0.6 is 0 Å². The summed E-state index contributed by atoms with van der Waals surface area (Å²) in [5.41, 5.74) is 0. The summed E-state index contributed by atoms with van der Waals surface area (Å²) in [4.78, 5) is 83.2. The summed E-state index contributed by atoms with van der Waals surface area (Å²) < 4.78 is 36.3. The molecule has 0 aliphatic carbocycles. The van der Waals surface area contributed by atoms with Gasteiger partial charge >= 0.3 is 29.8 Å². The summed E-state index contributed by atoms with van der Waals surface area (Å²) in [7, 11) is 5.36. The highest BCUT2D eigenvalue weighted by molar-refractivity contribution is 5.71. The van der Waals surface area contributed by atoms with Crippen LogP contribution in [0.25, 0.3) is 0 Å². The molecule has 0 bridgehead atoms. The van der Waals surface area contributed by atoms with Gasteiger partial charge in [0.25, 0.3) is 6.47 Å². The number of esters is 5. The van der Waals surface area contributed by atoms with E-state index in [0.717, 1.165) is 70.6 Å². The lowest BCUT2D eigenvalue weighted by atomic mass is 10.1. The molecule has 0 rings (SSSR count). The molecule has 2 unspecified atom stereocenters. The molecule has 438 valence electrons. The third kappa shape index (κ3) is 62.7. The molecule has 0 radical (unpaired) electrons. The predicted octanol–water partition coefficient (Wildman–Crippen LogP) is 13.7. The number of carbonyl (C=O) groups is 7. The van der Waals surface area contributed by atoms with Crippen molar-refractivity contribution in [3.8, 4) is 0 Å². The SMILES string of the molecule is CC.CCCCCCCCC.CCCCCCCCC(=O)OCC(COC(=O)CCCCCCCC)OC.CCCCCCCCC(=O)OCC(COC=O)OC(=O)CCC(CCC=O)OC(=O)CCCN(C)C. The number of methoxy groups -OCH3 is 1. The maximum Gasteiger partial charge on any atom is 0.306 e. The van der Waals surface area contributed by atoms with Crippen LogP contribution in [-0.2, 0) is 66.7 Å². The monoisotopic (exact) mass is 1060 g/mol. The molecule has 15 nitrogen and oxygen atoms in total. The van der Waals surface area contributed by atoms with E-state index in [1.807, 2.05) is 32.8 Å². The van der Waals surface area contributed by atoms with E-state index in [1.54, 1.807) is 0 Å². The molecule has 2 atom stereocenters. The third-order valence-electron chi connectivity index (χ3n) is 11.7. The Balaban J connectivity index is -0.000000564. The van der Waals surface area contributed by atoms with E-state index in [2.05, 4.69) is 39.4 Å². The van der Waals surface area contributed by atoms with Gasteiger partial charge in [-0.2, -0.15) is 0 Å². The number of unbranched alkanes of at least 4 members (excludes halogenated alkanes) is 21. The van der Waals surface area contributed by atoms with Gasteiger partial charge in [0.1, 0.15) is 44.9 Å². The van der Waals surface area contributed by atoms with Crippen molar-refractivity contribution in [1.82, 2.24) is 4.90 Å². The van der Waals surface area contributed by atoms with Gasteiger partial charge < -0.3 is 42.9 Å². The van der Waals surface area contributed by atoms with E-state index >= 15 is 0 Å². The Morgan fingerprint density at radius 3 is 1.09 bits per heavy atom.